The molecule has 0 spiro atoms. The molecule has 2 aromatic rings. The van der Waals surface area contributed by atoms with Crippen molar-refractivity contribution in [1.82, 2.24) is 14.9 Å². The van der Waals surface area contributed by atoms with Gasteiger partial charge in [-0.25, -0.2) is 4.98 Å². The molecule has 0 bridgehead atoms. The van der Waals surface area contributed by atoms with E-state index >= 15 is 0 Å². The average molecular weight is 345 g/mol. The van der Waals surface area contributed by atoms with Gasteiger partial charge < -0.3 is 5.32 Å². The first-order valence-electron chi connectivity index (χ1n) is 8.13. The van der Waals surface area contributed by atoms with Gasteiger partial charge in [0.25, 0.3) is 5.56 Å². The summed E-state index contributed by atoms with van der Waals surface area (Å²) in [5.74, 6) is 0.194. The summed E-state index contributed by atoms with van der Waals surface area (Å²) < 4.78 is 1.56. The molecule has 1 aromatic heterocycles. The van der Waals surface area contributed by atoms with Crippen molar-refractivity contribution < 1.29 is 4.79 Å². The van der Waals surface area contributed by atoms with Crippen LogP contribution in [0.3, 0.4) is 0 Å². The average Bonchev–Trinajstić information content (AvgIpc) is 2.60. The van der Waals surface area contributed by atoms with E-state index in [1.54, 1.807) is 16.7 Å². The molecule has 0 saturated heterocycles. The van der Waals surface area contributed by atoms with Gasteiger partial charge in [0.15, 0.2) is 5.16 Å². The number of amides is 1. The fraction of sp³-hybridized carbons (Fsp3) is 0.389. The molecule has 2 rings (SSSR count). The lowest BCUT2D eigenvalue weighted by Gasteiger charge is -2.15. The van der Waals surface area contributed by atoms with Crippen LogP contribution in [0, 0.1) is 0 Å². The van der Waals surface area contributed by atoms with E-state index in [-0.39, 0.29) is 23.3 Å². The molecule has 0 fully saturated rings. The fourth-order valence-corrected chi connectivity index (χ4v) is 3.26. The third-order valence-electron chi connectivity index (χ3n) is 3.82. The summed E-state index contributed by atoms with van der Waals surface area (Å²) in [4.78, 5) is 29.3. The SMILES string of the molecule is C=CCn1c(SCC(=O)NC(CC)CC)nc2ccccc2c1=O. The van der Waals surface area contributed by atoms with Gasteiger partial charge in [0, 0.05) is 12.6 Å². The van der Waals surface area contributed by atoms with E-state index in [4.69, 9.17) is 0 Å². The molecule has 128 valence electrons. The molecule has 1 amide bonds. The highest BCUT2D eigenvalue weighted by atomic mass is 32.2. The zero-order chi connectivity index (χ0) is 17.5. The number of fused-ring (bicyclic) bond motifs is 1. The quantitative estimate of drug-likeness (QED) is 0.454. The number of benzene rings is 1. The molecule has 0 unspecified atom stereocenters. The molecule has 0 aliphatic heterocycles. The standard InChI is InChI=1S/C18H23N3O2S/c1-4-11-21-17(23)14-9-7-8-10-15(14)20-18(21)24-12-16(22)19-13(5-2)6-3/h4,7-10,13H,1,5-6,11-12H2,2-3H3,(H,19,22). The monoisotopic (exact) mass is 345 g/mol. The maximum absolute atomic E-state index is 12.6. The minimum Gasteiger partial charge on any atom is -0.353 e. The Balaban J connectivity index is 2.24. The molecule has 0 saturated carbocycles. The number of carbonyl (C=O) groups excluding carboxylic acids is 1. The van der Waals surface area contributed by atoms with E-state index in [9.17, 15) is 9.59 Å². The van der Waals surface area contributed by atoms with Gasteiger partial charge in [0.1, 0.15) is 0 Å². The van der Waals surface area contributed by atoms with Crippen molar-refractivity contribution in [2.75, 3.05) is 5.75 Å². The fourth-order valence-electron chi connectivity index (χ4n) is 2.44. The van der Waals surface area contributed by atoms with Crippen molar-refractivity contribution in [2.24, 2.45) is 0 Å². The van der Waals surface area contributed by atoms with Crippen molar-refractivity contribution in [3.8, 4) is 0 Å². The summed E-state index contributed by atoms with van der Waals surface area (Å²) >= 11 is 1.28. The lowest BCUT2D eigenvalue weighted by atomic mass is 10.2. The van der Waals surface area contributed by atoms with Crippen LogP contribution in [0.25, 0.3) is 10.9 Å². The second-order valence-corrected chi connectivity index (χ2v) is 6.43. The van der Waals surface area contributed by atoms with E-state index in [1.807, 2.05) is 32.0 Å². The van der Waals surface area contributed by atoms with Crippen LogP contribution >= 0.6 is 11.8 Å². The maximum Gasteiger partial charge on any atom is 0.262 e. The minimum absolute atomic E-state index is 0.0405. The summed E-state index contributed by atoms with van der Waals surface area (Å²) in [5.41, 5.74) is 0.536. The maximum atomic E-state index is 12.6. The van der Waals surface area contributed by atoms with Crippen LogP contribution in [0.2, 0.25) is 0 Å². The Morgan fingerprint density at radius 1 is 1.38 bits per heavy atom. The van der Waals surface area contributed by atoms with Gasteiger partial charge in [-0.3, -0.25) is 14.2 Å². The van der Waals surface area contributed by atoms with Gasteiger partial charge in [-0.2, -0.15) is 0 Å². The van der Waals surface area contributed by atoms with Crippen LogP contribution < -0.4 is 10.9 Å². The normalized spacial score (nSPS) is 11.0. The van der Waals surface area contributed by atoms with E-state index in [1.165, 1.54) is 11.8 Å². The van der Waals surface area contributed by atoms with Gasteiger partial charge in [-0.05, 0) is 25.0 Å². The van der Waals surface area contributed by atoms with Crippen molar-refractivity contribution in [1.29, 1.82) is 0 Å². The second-order valence-electron chi connectivity index (χ2n) is 5.49. The number of para-hydroxylation sites is 1. The van der Waals surface area contributed by atoms with Gasteiger partial charge in [-0.1, -0.05) is 43.8 Å². The van der Waals surface area contributed by atoms with E-state index in [2.05, 4.69) is 16.9 Å². The number of carbonyl (C=O) groups is 1. The second kappa shape index (κ2) is 8.68. The lowest BCUT2D eigenvalue weighted by Crippen LogP contribution is -2.35. The summed E-state index contributed by atoms with van der Waals surface area (Å²) in [5, 5.41) is 4.11. The number of rotatable bonds is 8. The van der Waals surface area contributed by atoms with Crippen LogP contribution in [-0.4, -0.2) is 27.3 Å². The van der Waals surface area contributed by atoms with Crippen molar-refractivity contribution in [3.63, 3.8) is 0 Å². The highest BCUT2D eigenvalue weighted by Crippen LogP contribution is 2.17. The lowest BCUT2D eigenvalue weighted by molar-refractivity contribution is -0.119. The number of nitrogens with zero attached hydrogens (tertiary/aromatic N) is 2. The van der Waals surface area contributed by atoms with E-state index < -0.39 is 0 Å². The predicted molar refractivity (Wildman–Crippen MR) is 99.4 cm³/mol. The number of hydrogen-bond acceptors (Lipinski definition) is 4. The molecule has 0 aliphatic carbocycles. The highest BCUT2D eigenvalue weighted by Gasteiger charge is 2.13. The zero-order valence-corrected chi connectivity index (χ0v) is 14.9. The zero-order valence-electron chi connectivity index (χ0n) is 14.1. The van der Waals surface area contributed by atoms with Crippen LogP contribution in [0.15, 0.2) is 46.9 Å². The summed E-state index contributed by atoms with van der Waals surface area (Å²) in [7, 11) is 0. The number of aromatic nitrogens is 2. The highest BCUT2D eigenvalue weighted by molar-refractivity contribution is 7.99. The predicted octanol–water partition coefficient (Wildman–Crippen LogP) is 2.98. The third-order valence-corrected chi connectivity index (χ3v) is 4.80. The van der Waals surface area contributed by atoms with Crippen molar-refractivity contribution in [2.45, 2.75) is 44.4 Å². The van der Waals surface area contributed by atoms with E-state index in [0.29, 0.717) is 22.6 Å². The number of thioether (sulfide) groups is 1. The van der Waals surface area contributed by atoms with Crippen LogP contribution in [0.1, 0.15) is 26.7 Å². The molecular weight excluding hydrogens is 322 g/mol. The molecule has 24 heavy (non-hydrogen) atoms. The Kier molecular flexibility index (Phi) is 6.61. The van der Waals surface area contributed by atoms with Gasteiger partial charge in [0.2, 0.25) is 5.91 Å². The van der Waals surface area contributed by atoms with Crippen LogP contribution in [-0.2, 0) is 11.3 Å². The Hall–Kier alpha value is -2.08. The first-order valence-corrected chi connectivity index (χ1v) is 9.11. The van der Waals surface area contributed by atoms with Crippen molar-refractivity contribution in [3.05, 3.63) is 47.3 Å². The molecule has 6 heteroatoms. The molecule has 1 heterocycles. The van der Waals surface area contributed by atoms with Crippen LogP contribution in [0.4, 0.5) is 0 Å². The first kappa shape index (κ1) is 18.3. The Labute approximate surface area is 146 Å². The molecule has 1 N–H and O–H groups in total. The van der Waals surface area contributed by atoms with Gasteiger partial charge in [0.05, 0.1) is 16.7 Å². The summed E-state index contributed by atoms with van der Waals surface area (Å²) in [6, 6.07) is 7.43. The Morgan fingerprint density at radius 3 is 2.75 bits per heavy atom. The van der Waals surface area contributed by atoms with Gasteiger partial charge in [-0.15, -0.1) is 6.58 Å². The van der Waals surface area contributed by atoms with Crippen LogP contribution in [0.5, 0.6) is 0 Å². The molecule has 0 radical (unpaired) electrons. The number of nitrogens with one attached hydrogen (secondary N) is 1. The largest absolute Gasteiger partial charge is 0.353 e. The first-order chi connectivity index (χ1) is 11.6. The Morgan fingerprint density at radius 2 is 2.08 bits per heavy atom. The molecule has 1 aromatic carbocycles. The topological polar surface area (TPSA) is 64.0 Å². The minimum atomic E-state index is -0.108. The summed E-state index contributed by atoms with van der Waals surface area (Å²) in [6.07, 6.45) is 3.47. The Bertz CT molecular complexity index is 781. The number of allylic oxidation sites excluding steroid dienone is 1. The molecule has 0 aliphatic rings. The van der Waals surface area contributed by atoms with E-state index in [0.717, 1.165) is 12.8 Å². The van der Waals surface area contributed by atoms with Crippen molar-refractivity contribution >= 4 is 28.6 Å². The van der Waals surface area contributed by atoms with Gasteiger partial charge >= 0.3 is 0 Å². The smallest absolute Gasteiger partial charge is 0.262 e. The molecule has 5 nitrogen and oxygen atoms in total. The molecule has 0 atom stereocenters. The third kappa shape index (κ3) is 4.26. The number of hydrogen-bond donors (Lipinski definition) is 1. The molecular formula is C18H23N3O2S. The summed E-state index contributed by atoms with van der Waals surface area (Å²) in [6.45, 7) is 8.17.